The first-order valence-electron chi connectivity index (χ1n) is 8.99. The third-order valence-corrected chi connectivity index (χ3v) is 4.63. The molecule has 0 aromatic carbocycles. The summed E-state index contributed by atoms with van der Waals surface area (Å²) in [6, 6.07) is 0. The van der Waals surface area contributed by atoms with Crippen LogP contribution in [0.1, 0.15) is 27.0 Å². The van der Waals surface area contributed by atoms with Gasteiger partial charge in [-0.25, -0.2) is 19.7 Å². The van der Waals surface area contributed by atoms with Crippen molar-refractivity contribution in [2.24, 2.45) is 0 Å². The lowest BCUT2D eigenvalue weighted by atomic mass is 10.1. The van der Waals surface area contributed by atoms with Crippen molar-refractivity contribution in [2.75, 3.05) is 11.3 Å². The number of rotatable bonds is 7. The highest BCUT2D eigenvalue weighted by Crippen LogP contribution is 2.36. The summed E-state index contributed by atoms with van der Waals surface area (Å²) >= 11 is 0. The summed E-state index contributed by atoms with van der Waals surface area (Å²) in [6.07, 6.45) is -2.48. The zero-order valence-corrected chi connectivity index (χ0v) is 17.7. The minimum atomic E-state index is -5.15. The van der Waals surface area contributed by atoms with Crippen molar-refractivity contribution in [3.8, 4) is 0 Å². The third kappa shape index (κ3) is 5.25. The summed E-state index contributed by atoms with van der Waals surface area (Å²) < 4.78 is 59.2. The summed E-state index contributed by atoms with van der Waals surface area (Å²) in [5.74, 6) is -2.49. The fraction of sp³-hybridized carbons (Fsp3) is 0.500. The van der Waals surface area contributed by atoms with Gasteiger partial charge in [0.2, 0.25) is 0 Å². The number of aromatic nitrogens is 4. The van der Waals surface area contributed by atoms with Gasteiger partial charge in [-0.3, -0.25) is 19.0 Å². The van der Waals surface area contributed by atoms with Crippen LogP contribution in [0.2, 0.25) is 0 Å². The SMILES string of the molecule is CC(=O)OC[C@H]1O[C@@H](n2cnc3c(NS(=O)(=O)F)ncnc32)[C@H](OC(C)=O)[C@@H]1OC(C)=O. The molecule has 2 aromatic rings. The highest BCUT2D eigenvalue weighted by Gasteiger charge is 2.51. The van der Waals surface area contributed by atoms with E-state index in [-0.39, 0.29) is 17.8 Å². The normalized spacial score (nSPS) is 23.0. The fourth-order valence-corrected chi connectivity index (χ4v) is 3.53. The monoisotopic (exact) mass is 475 g/mol. The number of hydrogen-bond donors (Lipinski definition) is 1. The maximum absolute atomic E-state index is 13.1. The molecule has 174 valence electrons. The third-order valence-electron chi connectivity index (χ3n) is 4.19. The second kappa shape index (κ2) is 8.99. The van der Waals surface area contributed by atoms with Crippen LogP contribution in [0.5, 0.6) is 0 Å². The molecule has 0 radical (unpaired) electrons. The highest BCUT2D eigenvalue weighted by molar-refractivity contribution is 7.87. The Hall–Kier alpha value is -3.40. The van der Waals surface area contributed by atoms with E-state index in [1.807, 2.05) is 0 Å². The van der Waals surface area contributed by atoms with Crippen LogP contribution >= 0.6 is 0 Å². The molecule has 32 heavy (non-hydrogen) atoms. The zero-order chi connectivity index (χ0) is 23.6. The maximum Gasteiger partial charge on any atom is 0.398 e. The van der Waals surface area contributed by atoms with Gasteiger partial charge in [-0.05, 0) is 0 Å². The standard InChI is InChI=1S/C16H18FN5O9S/c1-7(23)28-4-10-12(29-8(2)24)13(30-9(3)25)16(31-10)22-6-20-11-14(21-32(17,26)27)18-5-19-15(11)22/h5-6,10,12-13,16H,4H2,1-3H3,(H,18,19,21)/t10-,12-,13-,16-/m1/s1. The molecule has 14 nitrogen and oxygen atoms in total. The van der Waals surface area contributed by atoms with E-state index in [4.69, 9.17) is 18.9 Å². The Morgan fingerprint density at radius 1 is 1.09 bits per heavy atom. The molecule has 1 fully saturated rings. The molecule has 1 N–H and O–H groups in total. The van der Waals surface area contributed by atoms with Crippen LogP contribution in [0.15, 0.2) is 12.7 Å². The average Bonchev–Trinajstić information content (AvgIpc) is 3.21. The van der Waals surface area contributed by atoms with Crippen molar-refractivity contribution in [3.63, 3.8) is 0 Å². The Balaban J connectivity index is 2.04. The van der Waals surface area contributed by atoms with Gasteiger partial charge in [0.25, 0.3) is 0 Å². The van der Waals surface area contributed by atoms with Crippen LogP contribution in [-0.4, -0.2) is 70.8 Å². The van der Waals surface area contributed by atoms with E-state index in [2.05, 4.69) is 15.0 Å². The first kappa shape index (κ1) is 23.3. The molecule has 4 atom stereocenters. The van der Waals surface area contributed by atoms with Gasteiger partial charge < -0.3 is 18.9 Å². The van der Waals surface area contributed by atoms with E-state index in [0.29, 0.717) is 0 Å². The van der Waals surface area contributed by atoms with E-state index < -0.39 is 58.7 Å². The lowest BCUT2D eigenvalue weighted by molar-refractivity contribution is -0.166. The zero-order valence-electron chi connectivity index (χ0n) is 16.9. The van der Waals surface area contributed by atoms with Crippen molar-refractivity contribution >= 4 is 45.3 Å². The first-order chi connectivity index (χ1) is 15.0. The number of esters is 3. The van der Waals surface area contributed by atoms with E-state index in [1.54, 1.807) is 4.72 Å². The van der Waals surface area contributed by atoms with Gasteiger partial charge >= 0.3 is 28.3 Å². The van der Waals surface area contributed by atoms with E-state index in [1.165, 1.54) is 11.5 Å². The topological polar surface area (TPSA) is 178 Å². The number of halogens is 1. The second-order valence-corrected chi connectivity index (χ2v) is 7.68. The largest absolute Gasteiger partial charge is 0.463 e. The van der Waals surface area contributed by atoms with Gasteiger partial charge in [-0.15, -0.1) is 0 Å². The van der Waals surface area contributed by atoms with Gasteiger partial charge in [-0.2, -0.15) is 8.42 Å². The van der Waals surface area contributed by atoms with Gasteiger partial charge in [0.1, 0.15) is 19.0 Å². The minimum Gasteiger partial charge on any atom is -0.463 e. The molecule has 3 heterocycles. The number of fused-ring (bicyclic) bond motifs is 1. The summed E-state index contributed by atoms with van der Waals surface area (Å²) in [5.41, 5.74) is -0.144. The molecule has 0 spiro atoms. The van der Waals surface area contributed by atoms with Crippen LogP contribution in [0.4, 0.5) is 9.70 Å². The Labute approximate surface area is 180 Å². The van der Waals surface area contributed by atoms with Gasteiger partial charge in [0, 0.05) is 20.8 Å². The molecule has 16 heteroatoms. The van der Waals surface area contributed by atoms with E-state index in [9.17, 15) is 26.7 Å². The number of anilines is 1. The molecule has 0 amide bonds. The molecule has 1 aliphatic rings. The van der Waals surface area contributed by atoms with Crippen molar-refractivity contribution in [1.82, 2.24) is 19.5 Å². The van der Waals surface area contributed by atoms with E-state index >= 15 is 0 Å². The van der Waals surface area contributed by atoms with Crippen LogP contribution < -0.4 is 4.72 Å². The predicted molar refractivity (Wildman–Crippen MR) is 101 cm³/mol. The Kier molecular flexibility index (Phi) is 6.54. The number of carbonyl (C=O) groups excluding carboxylic acids is 3. The smallest absolute Gasteiger partial charge is 0.398 e. The quantitative estimate of drug-likeness (QED) is 0.317. The lowest BCUT2D eigenvalue weighted by Crippen LogP contribution is -2.40. The molecule has 1 aliphatic heterocycles. The minimum absolute atomic E-state index is 0.0111. The van der Waals surface area contributed by atoms with Crippen molar-refractivity contribution in [2.45, 2.75) is 45.3 Å². The number of nitrogens with one attached hydrogen (secondary N) is 1. The van der Waals surface area contributed by atoms with Gasteiger partial charge in [0.15, 0.2) is 35.4 Å². The molecule has 3 rings (SSSR count). The van der Waals surface area contributed by atoms with E-state index in [0.717, 1.165) is 26.5 Å². The number of ether oxygens (including phenoxy) is 4. The lowest BCUT2D eigenvalue weighted by Gasteiger charge is -2.23. The Morgan fingerprint density at radius 3 is 2.34 bits per heavy atom. The Morgan fingerprint density at radius 2 is 1.75 bits per heavy atom. The molecule has 0 bridgehead atoms. The molecule has 0 unspecified atom stereocenters. The second-order valence-electron chi connectivity index (χ2n) is 6.60. The molecule has 0 saturated carbocycles. The van der Waals surface area contributed by atoms with Crippen molar-refractivity contribution in [3.05, 3.63) is 12.7 Å². The summed E-state index contributed by atoms with van der Waals surface area (Å²) in [7, 11) is -5.15. The molecular weight excluding hydrogens is 457 g/mol. The molecule has 0 aliphatic carbocycles. The van der Waals surface area contributed by atoms with Crippen LogP contribution in [0, 0.1) is 0 Å². The summed E-state index contributed by atoms with van der Waals surface area (Å²) in [5, 5.41) is 0. The van der Waals surface area contributed by atoms with Crippen molar-refractivity contribution < 1.29 is 45.6 Å². The average molecular weight is 475 g/mol. The highest BCUT2D eigenvalue weighted by atomic mass is 32.3. The van der Waals surface area contributed by atoms with Crippen molar-refractivity contribution in [1.29, 1.82) is 0 Å². The van der Waals surface area contributed by atoms with Gasteiger partial charge in [-0.1, -0.05) is 3.89 Å². The Bertz CT molecular complexity index is 1150. The van der Waals surface area contributed by atoms with Crippen LogP contribution in [-0.2, 0) is 43.7 Å². The van der Waals surface area contributed by atoms with Crippen LogP contribution in [0.25, 0.3) is 11.2 Å². The predicted octanol–water partition coefficient (Wildman–Crippen LogP) is -0.224. The summed E-state index contributed by atoms with van der Waals surface area (Å²) in [6.45, 7) is 3.11. The molecule has 1 saturated heterocycles. The first-order valence-corrected chi connectivity index (χ1v) is 10.4. The van der Waals surface area contributed by atoms with Gasteiger partial charge in [0.05, 0.1) is 6.33 Å². The number of hydrogen-bond acceptors (Lipinski definition) is 12. The van der Waals surface area contributed by atoms with Crippen LogP contribution in [0.3, 0.4) is 0 Å². The summed E-state index contributed by atoms with van der Waals surface area (Å²) in [4.78, 5) is 46.2. The number of nitrogens with zero attached hydrogens (tertiary/aromatic N) is 4. The fourth-order valence-electron chi connectivity index (χ4n) is 3.15. The number of carbonyl (C=O) groups is 3. The molecule has 2 aromatic heterocycles. The maximum atomic E-state index is 13.1. The molecular formula is C16H18FN5O9S. The number of imidazole rings is 1.